The van der Waals surface area contributed by atoms with E-state index < -0.39 is 179 Å². The fourth-order valence-electron chi connectivity index (χ4n) is 13.0. The number of halogens is 2. The number of nitrogens with two attached hydrogens (primary N) is 2. The Morgan fingerprint density at radius 2 is 0.966 bits per heavy atom. The van der Waals surface area contributed by atoms with Crippen LogP contribution in [0.25, 0.3) is 44.7 Å². The molecule has 20 atom stereocenters. The highest BCUT2D eigenvalue weighted by Gasteiger charge is 2.58. The van der Waals surface area contributed by atoms with Crippen LogP contribution >= 0.6 is 29.1 Å². The third-order valence-electron chi connectivity index (χ3n) is 19.6. The maximum absolute atomic E-state index is 17.0. The maximum Gasteiger partial charge on any atom is 0.472 e. The molecule has 16 rings (SSSR count). The van der Waals surface area contributed by atoms with E-state index in [0.717, 1.165) is 12.7 Å². The number of aliphatic hydroxyl groups excluding tert-OH is 1. The zero-order valence-corrected chi connectivity index (χ0v) is 68.8. The lowest BCUT2D eigenvalue weighted by atomic mass is 10.1. The fraction of sp³-hybridized carbons (Fsp3) is 0.462. The fourth-order valence-corrected chi connectivity index (χ4v) is 19.7. The summed E-state index contributed by atoms with van der Waals surface area (Å²) in [5, 5.41) is 25.7. The molecule has 2 amide bonds. The molecule has 624 valence electrons. The van der Waals surface area contributed by atoms with Crippen molar-refractivity contribution in [1.29, 1.82) is 5.26 Å². The highest BCUT2D eigenvalue weighted by Crippen LogP contribution is 2.59. The molecule has 43 nitrogen and oxygen atoms in total. The molecule has 6 fully saturated rings. The number of carbonyl (C=O) groups is 2. The third kappa shape index (κ3) is 17.9. The quantitative estimate of drug-likeness (QED) is 0.0320. The number of amides is 2. The number of ether oxygens (including phenoxy) is 4. The Morgan fingerprint density at radius 1 is 0.564 bits per heavy atom. The average molecular weight is 1760 g/mol. The number of benzene rings is 2. The van der Waals surface area contributed by atoms with Crippen molar-refractivity contribution in [3.05, 3.63) is 122 Å². The summed E-state index contributed by atoms with van der Waals surface area (Å²) in [5.41, 5.74) is 13.6. The highest BCUT2D eigenvalue weighted by molar-refractivity contribution is 8.07. The Morgan fingerprint density at radius 3 is 1.44 bits per heavy atom. The number of nitrogen functional groups attached to an aromatic ring is 2. The van der Waals surface area contributed by atoms with Gasteiger partial charge in [-0.25, -0.2) is 77.7 Å². The second-order valence-corrected chi connectivity index (χ2v) is 41.3. The SMILES string of the molecule is CC.CC(C)(C)[Si](C)(C)O[C@H]1[C@H]2OP(=S)(OCCC#N)OC[C@H]3O[C@@H](n4cnc5c(NC(=O)c6ccccc6)ncnc54)[C@H](F)[C@@H]3OP(=O)(O)OC[C@H]1O[C@H]2n1cnc2c(NC(=O)c3ccccc3)ncnc21.Nc1ncnc2c1ncn2[C@@H]1O[C@@H]2COP(O)(=S)O[C@@H]3[C@H](O)[C@@H](COP(=O)(O)O[C@H]2[C@H]1F)O[C@H]3n1cnc2c(N)ncnc21. The van der Waals surface area contributed by atoms with Gasteiger partial charge in [-0.3, -0.25) is 55.0 Å². The second-order valence-electron chi connectivity index (χ2n) is 27.9. The number of nitriles is 1. The van der Waals surface area contributed by atoms with Crippen molar-refractivity contribution in [2.75, 3.05) is 55.1 Å². The van der Waals surface area contributed by atoms with Crippen LogP contribution in [-0.4, -0.2) is 224 Å². The van der Waals surface area contributed by atoms with E-state index in [-0.39, 0.29) is 81.0 Å². The minimum Gasteiger partial charge on any atom is -0.408 e. The molecule has 14 heterocycles. The molecule has 10 aromatic rings. The predicted molar refractivity (Wildman–Crippen MR) is 414 cm³/mol. The van der Waals surface area contributed by atoms with Crippen LogP contribution in [-0.2, 0) is 96.8 Å². The van der Waals surface area contributed by atoms with Crippen molar-refractivity contribution in [2.24, 2.45) is 0 Å². The summed E-state index contributed by atoms with van der Waals surface area (Å²) in [6.45, 7) is 2.65. The Kier molecular flexibility index (Phi) is 25.1. The molecule has 0 saturated carbocycles. The van der Waals surface area contributed by atoms with E-state index in [9.17, 15) is 43.8 Å². The Hall–Kier alpha value is -8.21. The zero-order chi connectivity index (χ0) is 83.3. The number of phosphoric acid groups is 2. The van der Waals surface area contributed by atoms with Crippen molar-refractivity contribution >= 4 is 141 Å². The van der Waals surface area contributed by atoms with Gasteiger partial charge in [-0.2, -0.15) is 5.26 Å². The van der Waals surface area contributed by atoms with Gasteiger partial charge in [0.2, 0.25) is 0 Å². The average Bonchev–Trinajstić information content (AvgIpc) is 1.60. The number of nitrogens with one attached hydrogen (secondary N) is 2. The number of alkyl halides is 2. The first-order valence-electron chi connectivity index (χ1n) is 35.9. The van der Waals surface area contributed by atoms with Crippen LogP contribution in [0, 0.1) is 11.3 Å². The summed E-state index contributed by atoms with van der Waals surface area (Å²) in [7, 11) is -13.1. The van der Waals surface area contributed by atoms with Gasteiger partial charge in [0, 0.05) is 11.1 Å². The molecule has 52 heteroatoms. The first kappa shape index (κ1) is 85.2. The lowest BCUT2D eigenvalue weighted by molar-refractivity contribution is -0.0647. The number of aromatic nitrogens is 16. The van der Waals surface area contributed by atoms with E-state index in [2.05, 4.69) is 70.4 Å². The number of rotatable bonds is 13. The normalized spacial score (nSPS) is 31.6. The highest BCUT2D eigenvalue weighted by atomic mass is 32.5. The molecule has 8 aromatic heterocycles. The molecule has 4 unspecified atom stereocenters. The van der Waals surface area contributed by atoms with E-state index in [0.29, 0.717) is 11.1 Å². The Bertz CT molecular complexity index is 5560. The van der Waals surface area contributed by atoms with Crippen LogP contribution in [0.15, 0.2) is 111 Å². The van der Waals surface area contributed by atoms with Crippen LogP contribution in [0.4, 0.5) is 32.1 Å². The molecular formula is C65H77F2N21O22P4S2Si. The molecule has 0 radical (unpaired) electrons. The number of carbonyl (C=O) groups excluding carboxylic acids is 2. The van der Waals surface area contributed by atoms with Gasteiger partial charge in [0.25, 0.3) is 11.8 Å². The van der Waals surface area contributed by atoms with Gasteiger partial charge in [-0.1, -0.05) is 71.0 Å². The van der Waals surface area contributed by atoms with E-state index in [4.69, 9.17) is 99.2 Å². The van der Waals surface area contributed by atoms with Gasteiger partial charge in [0.15, 0.2) is 102 Å². The van der Waals surface area contributed by atoms with Crippen LogP contribution in [0.2, 0.25) is 18.1 Å². The second kappa shape index (κ2) is 34.5. The monoisotopic (exact) mass is 1760 g/mol. The molecule has 6 aliphatic rings. The Labute approximate surface area is 673 Å². The number of fused-ring (bicyclic) bond motifs is 10. The van der Waals surface area contributed by atoms with E-state index in [1.165, 1.54) is 56.2 Å². The number of hydrogen-bond donors (Lipinski definition) is 8. The van der Waals surface area contributed by atoms with Crippen LogP contribution < -0.4 is 22.1 Å². The summed E-state index contributed by atoms with van der Waals surface area (Å²) >= 11 is 11.3. The number of anilines is 4. The Balaban J connectivity index is 0.000000209. The van der Waals surface area contributed by atoms with Crippen LogP contribution in [0.1, 0.15) is 86.7 Å². The summed E-state index contributed by atoms with van der Waals surface area (Å²) in [6, 6.07) is 18.9. The molecular weight excluding hydrogens is 1680 g/mol. The number of nitrogens with zero attached hydrogens (tertiary/aromatic N) is 17. The van der Waals surface area contributed by atoms with Gasteiger partial charge >= 0.3 is 29.1 Å². The van der Waals surface area contributed by atoms with E-state index in [1.807, 2.05) is 53.8 Å². The smallest absolute Gasteiger partial charge is 0.408 e. The number of imidazole rings is 4. The van der Waals surface area contributed by atoms with Gasteiger partial charge in [-0.15, -0.1) is 0 Å². The lowest BCUT2D eigenvalue weighted by Gasteiger charge is -2.41. The predicted octanol–water partition coefficient (Wildman–Crippen LogP) is 7.25. The molecule has 10 N–H and O–H groups in total. The first-order chi connectivity index (χ1) is 55.8. The third-order valence-corrected chi connectivity index (χ3v) is 29.9. The summed E-state index contributed by atoms with van der Waals surface area (Å²) in [6.07, 6.45) is -14.8. The van der Waals surface area contributed by atoms with Crippen molar-refractivity contribution in [3.8, 4) is 6.07 Å². The van der Waals surface area contributed by atoms with Crippen LogP contribution in [0.3, 0.4) is 0 Å². The molecule has 117 heavy (non-hydrogen) atoms. The molecule has 0 aliphatic carbocycles. The minimum atomic E-state index is -5.23. The molecule has 6 saturated heterocycles. The maximum atomic E-state index is 17.0. The zero-order valence-electron chi connectivity index (χ0n) is 62.6. The van der Waals surface area contributed by atoms with Crippen molar-refractivity contribution in [3.63, 3.8) is 0 Å². The summed E-state index contributed by atoms with van der Waals surface area (Å²) < 4.78 is 149. The van der Waals surface area contributed by atoms with Crippen molar-refractivity contribution in [1.82, 2.24) is 78.1 Å². The molecule has 0 spiro atoms. The molecule has 6 aliphatic heterocycles. The van der Waals surface area contributed by atoms with E-state index in [1.54, 1.807) is 60.7 Å². The molecule has 4 bridgehead atoms. The standard InChI is InChI=1S/C43H48FN11O12P2SSi.C20H23FN10O10P2S.C2H6/c1-43(2,3)71(4,5)67-33-28-19-61-68(58,59)65-32-27(63-41(29(32)44)54-23-50-30-35(46-21-48-37(30)54)52-39(56)25-13-8-6-9-14-25)20-62-69(70,60-18-12-17-45)66-34(33)42(64-28)55-24-51-31-36(47-22-49-38(31)55)53-40(57)26-15-10-7-11-16-26;21-9-13-8(39-19(9)30-5-28-10-15(22)24-3-26-17(10)30)2-37-43(35,44)41-14-12(32)7(1-36-42(33,34)40-13)38-20(14)31-6-29-11-16(23)25-4-27-18(11)31;1-2/h6-11,13-16,21-24,27-29,32-34,41-42H,12,18-20H2,1-5H3,(H,58,59)(H,46,48,52,56)(H,47,49,53,57);3-9,12-14,19-20,32H,1-2H2,(H,33,34)(H,35,44)(H2,22,24,26)(H2,23,25,27);1-2H3/t27-,28-,29-,32-,33-,34-,41-,42-,69?;7-,8-,9-,12-,13-,14-,19-,20-,43?;/m11./s1. The van der Waals surface area contributed by atoms with Crippen molar-refractivity contribution < 1.29 is 111 Å². The topological polar surface area (TPSA) is 553 Å². The number of hydrogen-bond acceptors (Lipinski definition) is 36. The largest absolute Gasteiger partial charge is 0.472 e. The van der Waals surface area contributed by atoms with Gasteiger partial charge in [0.05, 0.1) is 70.8 Å². The van der Waals surface area contributed by atoms with Gasteiger partial charge in [0.1, 0.15) is 97.4 Å². The summed E-state index contributed by atoms with van der Waals surface area (Å²) in [4.78, 5) is 110. The first-order valence-corrected chi connectivity index (χ1v) is 46.9. The lowest BCUT2D eigenvalue weighted by Crippen LogP contribution is -2.50. The van der Waals surface area contributed by atoms with Crippen molar-refractivity contribution in [2.45, 2.75) is 157 Å². The number of aliphatic hydroxyl groups is 1. The van der Waals surface area contributed by atoms with Gasteiger partial charge in [-0.05, 0) is 66.0 Å². The minimum absolute atomic E-state index is 0.0242. The summed E-state index contributed by atoms with van der Waals surface area (Å²) in [5.74, 6) is -0.724. The van der Waals surface area contributed by atoms with E-state index >= 15 is 8.78 Å². The molecule has 2 aromatic carbocycles. The van der Waals surface area contributed by atoms with Gasteiger partial charge < -0.3 is 78.8 Å². The number of phosphoric ester groups is 2. The van der Waals surface area contributed by atoms with Crippen LogP contribution in [0.5, 0.6) is 0 Å².